The summed E-state index contributed by atoms with van der Waals surface area (Å²) in [6, 6.07) is 5.51. The maximum absolute atomic E-state index is 13.1. The van der Waals surface area contributed by atoms with Gasteiger partial charge in [-0.1, -0.05) is 12.1 Å². The lowest BCUT2D eigenvalue weighted by atomic mass is 10.0. The number of benzene rings is 1. The van der Waals surface area contributed by atoms with Crippen LogP contribution < -0.4 is 5.32 Å². The van der Waals surface area contributed by atoms with Crippen molar-refractivity contribution in [2.24, 2.45) is 0 Å². The Bertz CT molecular complexity index is 339. The summed E-state index contributed by atoms with van der Waals surface area (Å²) >= 11 is 0. The van der Waals surface area contributed by atoms with Crippen LogP contribution in [0, 0.1) is 12.7 Å². The van der Waals surface area contributed by atoms with Gasteiger partial charge < -0.3 is 5.32 Å². The molecule has 1 atom stereocenters. The van der Waals surface area contributed by atoms with Crippen LogP contribution in [-0.2, 0) is 0 Å². The van der Waals surface area contributed by atoms with Gasteiger partial charge in [-0.3, -0.25) is 0 Å². The third kappa shape index (κ3) is 3.63. The first kappa shape index (κ1) is 12.2. The molecular formula is C13H20FN. The molecule has 1 aromatic rings. The summed E-state index contributed by atoms with van der Waals surface area (Å²) < 4.78 is 13.1. The molecule has 0 aliphatic carbocycles. The van der Waals surface area contributed by atoms with Crippen LogP contribution in [0.4, 0.5) is 4.39 Å². The highest BCUT2D eigenvalue weighted by Crippen LogP contribution is 2.18. The van der Waals surface area contributed by atoms with Gasteiger partial charge in [0.15, 0.2) is 0 Å². The second-order valence-corrected chi connectivity index (χ2v) is 5.12. The summed E-state index contributed by atoms with van der Waals surface area (Å²) in [5, 5.41) is 3.46. The minimum Gasteiger partial charge on any atom is -0.306 e. The number of hydrogen-bond donors (Lipinski definition) is 1. The second-order valence-electron chi connectivity index (χ2n) is 5.12. The molecule has 0 saturated heterocycles. The zero-order valence-corrected chi connectivity index (χ0v) is 10.2. The number of nitrogens with one attached hydrogen (secondary N) is 1. The smallest absolute Gasteiger partial charge is 0.126 e. The summed E-state index contributed by atoms with van der Waals surface area (Å²) in [4.78, 5) is 0. The van der Waals surface area contributed by atoms with E-state index in [1.165, 1.54) is 6.07 Å². The number of aryl methyl sites for hydroxylation is 1. The van der Waals surface area contributed by atoms with Gasteiger partial charge in [-0.15, -0.1) is 0 Å². The molecule has 0 spiro atoms. The summed E-state index contributed by atoms with van der Waals surface area (Å²) in [5.41, 5.74) is 1.90. The molecule has 0 aliphatic heterocycles. The van der Waals surface area contributed by atoms with Gasteiger partial charge in [-0.2, -0.15) is 0 Å². The van der Waals surface area contributed by atoms with Crippen LogP contribution in [0.25, 0.3) is 0 Å². The first-order valence-corrected chi connectivity index (χ1v) is 5.33. The molecule has 1 nitrogen and oxygen atoms in total. The van der Waals surface area contributed by atoms with Crippen molar-refractivity contribution in [2.45, 2.75) is 46.2 Å². The molecule has 0 radical (unpaired) electrons. The van der Waals surface area contributed by atoms with Crippen LogP contribution in [0.2, 0.25) is 0 Å². The molecule has 0 saturated carbocycles. The molecule has 0 aliphatic rings. The van der Waals surface area contributed by atoms with Gasteiger partial charge in [0, 0.05) is 11.6 Å². The van der Waals surface area contributed by atoms with Crippen molar-refractivity contribution >= 4 is 0 Å². The molecular weight excluding hydrogens is 189 g/mol. The van der Waals surface area contributed by atoms with Crippen molar-refractivity contribution in [3.05, 3.63) is 35.1 Å². The fourth-order valence-electron chi connectivity index (χ4n) is 1.67. The molecule has 84 valence electrons. The molecule has 1 N–H and O–H groups in total. The molecule has 0 unspecified atom stereocenters. The van der Waals surface area contributed by atoms with Gasteiger partial charge in [-0.25, -0.2) is 4.39 Å². The quantitative estimate of drug-likeness (QED) is 0.785. The molecule has 0 aromatic heterocycles. The number of rotatable bonds is 2. The molecule has 0 bridgehead atoms. The molecule has 2 heteroatoms. The van der Waals surface area contributed by atoms with Crippen molar-refractivity contribution in [1.29, 1.82) is 0 Å². The first-order valence-electron chi connectivity index (χ1n) is 5.33. The standard InChI is InChI=1S/C13H20FN/c1-9-8-11(6-7-12(9)14)10(2)15-13(3,4)5/h6-8,10,15H,1-5H3/t10-/m0/s1. The van der Waals surface area contributed by atoms with Gasteiger partial charge in [0.25, 0.3) is 0 Å². The summed E-state index contributed by atoms with van der Waals surface area (Å²) in [6.45, 7) is 10.3. The summed E-state index contributed by atoms with van der Waals surface area (Å²) in [7, 11) is 0. The van der Waals surface area contributed by atoms with Gasteiger partial charge >= 0.3 is 0 Å². The summed E-state index contributed by atoms with van der Waals surface area (Å²) in [5.74, 6) is -0.137. The molecule has 1 aromatic carbocycles. The molecule has 0 heterocycles. The molecule has 1 rings (SSSR count). The monoisotopic (exact) mass is 209 g/mol. The Labute approximate surface area is 91.7 Å². The fraction of sp³-hybridized carbons (Fsp3) is 0.538. The van der Waals surface area contributed by atoms with Crippen LogP contribution in [0.15, 0.2) is 18.2 Å². The van der Waals surface area contributed by atoms with E-state index in [1.54, 1.807) is 6.92 Å². The van der Waals surface area contributed by atoms with Crippen LogP contribution in [-0.4, -0.2) is 5.54 Å². The van der Waals surface area contributed by atoms with Crippen LogP contribution in [0.5, 0.6) is 0 Å². The Hall–Kier alpha value is -0.890. The predicted octanol–water partition coefficient (Wildman–Crippen LogP) is 3.58. The lowest BCUT2D eigenvalue weighted by molar-refractivity contribution is 0.378. The number of hydrogen-bond acceptors (Lipinski definition) is 1. The third-order valence-electron chi connectivity index (χ3n) is 2.33. The minimum atomic E-state index is -0.137. The maximum atomic E-state index is 13.1. The van der Waals surface area contributed by atoms with Gasteiger partial charge in [-0.05, 0) is 51.8 Å². The van der Waals surface area contributed by atoms with Gasteiger partial charge in [0.1, 0.15) is 5.82 Å². The zero-order valence-electron chi connectivity index (χ0n) is 10.2. The Kier molecular flexibility index (Phi) is 3.50. The van der Waals surface area contributed by atoms with Crippen LogP contribution in [0.1, 0.15) is 44.9 Å². The van der Waals surface area contributed by atoms with Crippen molar-refractivity contribution in [1.82, 2.24) is 5.32 Å². The van der Waals surface area contributed by atoms with Gasteiger partial charge in [0.2, 0.25) is 0 Å². The molecule has 15 heavy (non-hydrogen) atoms. The fourth-order valence-corrected chi connectivity index (χ4v) is 1.67. The first-order chi connectivity index (χ1) is 6.79. The maximum Gasteiger partial charge on any atom is 0.126 e. The topological polar surface area (TPSA) is 12.0 Å². The largest absolute Gasteiger partial charge is 0.306 e. The van der Waals surface area contributed by atoms with Crippen molar-refractivity contribution in [2.75, 3.05) is 0 Å². The molecule has 0 amide bonds. The van der Waals surface area contributed by atoms with E-state index in [1.807, 2.05) is 12.1 Å². The van der Waals surface area contributed by atoms with E-state index >= 15 is 0 Å². The van der Waals surface area contributed by atoms with Gasteiger partial charge in [0.05, 0.1) is 0 Å². The normalized spacial score (nSPS) is 14.0. The van der Waals surface area contributed by atoms with Crippen molar-refractivity contribution < 1.29 is 4.39 Å². The lowest BCUT2D eigenvalue weighted by Gasteiger charge is -2.26. The van der Waals surface area contributed by atoms with Crippen molar-refractivity contribution in [3.63, 3.8) is 0 Å². The Balaban J connectivity index is 2.83. The average molecular weight is 209 g/mol. The van der Waals surface area contributed by atoms with E-state index < -0.39 is 0 Å². The SMILES string of the molecule is Cc1cc([C@H](C)NC(C)(C)C)ccc1F. The van der Waals surface area contributed by atoms with Crippen LogP contribution >= 0.6 is 0 Å². The Morgan fingerprint density at radius 3 is 2.33 bits per heavy atom. The van der Waals surface area contributed by atoms with E-state index in [0.717, 1.165) is 5.56 Å². The predicted molar refractivity (Wildman–Crippen MR) is 62.4 cm³/mol. The highest BCUT2D eigenvalue weighted by atomic mass is 19.1. The number of halogens is 1. The third-order valence-corrected chi connectivity index (χ3v) is 2.33. The van der Waals surface area contributed by atoms with E-state index in [9.17, 15) is 4.39 Å². The summed E-state index contributed by atoms with van der Waals surface area (Å²) in [6.07, 6.45) is 0. The van der Waals surface area contributed by atoms with E-state index in [2.05, 4.69) is 33.0 Å². The minimum absolute atomic E-state index is 0.0711. The second kappa shape index (κ2) is 4.31. The lowest BCUT2D eigenvalue weighted by Crippen LogP contribution is -2.37. The Morgan fingerprint density at radius 1 is 1.27 bits per heavy atom. The highest BCUT2D eigenvalue weighted by Gasteiger charge is 2.15. The zero-order chi connectivity index (χ0) is 11.6. The van der Waals surface area contributed by atoms with E-state index in [4.69, 9.17) is 0 Å². The van der Waals surface area contributed by atoms with E-state index in [0.29, 0.717) is 5.56 Å². The average Bonchev–Trinajstić information content (AvgIpc) is 2.06. The molecule has 0 fully saturated rings. The highest BCUT2D eigenvalue weighted by molar-refractivity contribution is 5.26. The van der Waals surface area contributed by atoms with E-state index in [-0.39, 0.29) is 17.4 Å². The Morgan fingerprint density at radius 2 is 1.87 bits per heavy atom. The van der Waals surface area contributed by atoms with Crippen molar-refractivity contribution in [3.8, 4) is 0 Å². The van der Waals surface area contributed by atoms with Crippen LogP contribution in [0.3, 0.4) is 0 Å².